The standard InChI is InChI=1S/C6H12N2O2/c1-4-7-5(2,9)6(3,10)8-4/h9-10H,1-3H3,(H,7,8)/t5-,6+. The van der Waals surface area contributed by atoms with Crippen LogP contribution in [0.2, 0.25) is 0 Å². The van der Waals surface area contributed by atoms with Crippen LogP contribution in [-0.4, -0.2) is 27.5 Å². The molecule has 1 heterocycles. The normalized spacial score (nSPS) is 46.7. The Kier molecular flexibility index (Phi) is 1.28. The first-order chi connectivity index (χ1) is 4.35. The Balaban J connectivity index is 2.92. The van der Waals surface area contributed by atoms with Gasteiger partial charge in [0.05, 0.1) is 5.84 Å². The van der Waals surface area contributed by atoms with Gasteiger partial charge in [0, 0.05) is 0 Å². The molecule has 1 aliphatic heterocycles. The van der Waals surface area contributed by atoms with Gasteiger partial charge in [0.15, 0.2) is 5.72 Å². The van der Waals surface area contributed by atoms with Crippen molar-refractivity contribution < 1.29 is 10.2 Å². The molecule has 0 spiro atoms. The van der Waals surface area contributed by atoms with Crippen molar-refractivity contribution in [3.8, 4) is 0 Å². The lowest BCUT2D eigenvalue weighted by molar-refractivity contribution is -0.122. The number of nitrogens with one attached hydrogen (secondary N) is 1. The summed E-state index contributed by atoms with van der Waals surface area (Å²) in [6.07, 6.45) is 0. The van der Waals surface area contributed by atoms with Crippen LogP contribution >= 0.6 is 0 Å². The molecule has 0 aromatic carbocycles. The molecule has 0 aromatic rings. The van der Waals surface area contributed by atoms with Gasteiger partial charge in [-0.1, -0.05) is 0 Å². The Morgan fingerprint density at radius 3 is 2.00 bits per heavy atom. The third-order valence-electron chi connectivity index (χ3n) is 1.73. The first kappa shape index (κ1) is 7.50. The molecule has 58 valence electrons. The summed E-state index contributed by atoms with van der Waals surface area (Å²) >= 11 is 0. The summed E-state index contributed by atoms with van der Waals surface area (Å²) in [6, 6.07) is 0. The van der Waals surface area contributed by atoms with Crippen molar-refractivity contribution in [2.24, 2.45) is 4.99 Å². The lowest BCUT2D eigenvalue weighted by atomic mass is 10.1. The Labute approximate surface area is 59.6 Å². The van der Waals surface area contributed by atoms with Gasteiger partial charge < -0.3 is 15.5 Å². The largest absolute Gasteiger partial charge is 0.367 e. The number of nitrogens with zero attached hydrogens (tertiary/aromatic N) is 1. The number of amidine groups is 1. The van der Waals surface area contributed by atoms with E-state index in [1.54, 1.807) is 6.92 Å². The van der Waals surface area contributed by atoms with Crippen LogP contribution in [0.5, 0.6) is 0 Å². The van der Waals surface area contributed by atoms with E-state index in [1.165, 1.54) is 13.8 Å². The third-order valence-corrected chi connectivity index (χ3v) is 1.73. The van der Waals surface area contributed by atoms with Crippen molar-refractivity contribution in [3.05, 3.63) is 0 Å². The third kappa shape index (κ3) is 0.892. The zero-order valence-electron chi connectivity index (χ0n) is 6.34. The van der Waals surface area contributed by atoms with Crippen molar-refractivity contribution >= 4 is 5.84 Å². The van der Waals surface area contributed by atoms with Crippen LogP contribution in [0.25, 0.3) is 0 Å². The van der Waals surface area contributed by atoms with Gasteiger partial charge in [-0.15, -0.1) is 0 Å². The molecule has 0 saturated heterocycles. The highest BCUT2D eigenvalue weighted by molar-refractivity contribution is 5.82. The van der Waals surface area contributed by atoms with Crippen LogP contribution in [0, 0.1) is 0 Å². The fourth-order valence-corrected chi connectivity index (χ4v) is 0.934. The molecule has 3 N–H and O–H groups in total. The molecule has 0 aliphatic carbocycles. The average Bonchev–Trinajstić information content (AvgIpc) is 1.73. The van der Waals surface area contributed by atoms with Crippen LogP contribution in [0.4, 0.5) is 0 Å². The highest BCUT2D eigenvalue weighted by Crippen LogP contribution is 2.25. The van der Waals surface area contributed by atoms with E-state index in [1.807, 2.05) is 0 Å². The van der Waals surface area contributed by atoms with Gasteiger partial charge in [-0.05, 0) is 20.8 Å². The molecule has 0 fully saturated rings. The van der Waals surface area contributed by atoms with Crippen molar-refractivity contribution in [2.45, 2.75) is 32.2 Å². The fourth-order valence-electron chi connectivity index (χ4n) is 0.934. The Morgan fingerprint density at radius 1 is 1.40 bits per heavy atom. The van der Waals surface area contributed by atoms with Crippen molar-refractivity contribution in [2.75, 3.05) is 0 Å². The van der Waals surface area contributed by atoms with Gasteiger partial charge in [-0.25, -0.2) is 4.99 Å². The minimum absolute atomic E-state index is 0.551. The smallest absolute Gasteiger partial charge is 0.202 e. The maximum absolute atomic E-state index is 9.42. The molecule has 0 aromatic heterocycles. The van der Waals surface area contributed by atoms with E-state index >= 15 is 0 Å². The number of aliphatic imine (C=N–C) groups is 1. The Morgan fingerprint density at radius 2 is 1.90 bits per heavy atom. The molecule has 0 radical (unpaired) electrons. The van der Waals surface area contributed by atoms with Crippen LogP contribution in [-0.2, 0) is 0 Å². The van der Waals surface area contributed by atoms with Crippen molar-refractivity contribution in [1.82, 2.24) is 5.32 Å². The second-order valence-corrected chi connectivity index (χ2v) is 2.92. The Bertz CT molecular complexity index is 184. The zero-order chi connectivity index (χ0) is 7.99. The van der Waals surface area contributed by atoms with E-state index in [0.29, 0.717) is 5.84 Å². The number of rotatable bonds is 0. The molecule has 10 heavy (non-hydrogen) atoms. The second kappa shape index (κ2) is 1.71. The van der Waals surface area contributed by atoms with Gasteiger partial charge in [0.2, 0.25) is 5.72 Å². The summed E-state index contributed by atoms with van der Waals surface area (Å²) in [6.45, 7) is 4.62. The van der Waals surface area contributed by atoms with Gasteiger partial charge in [0.25, 0.3) is 0 Å². The van der Waals surface area contributed by atoms with Gasteiger partial charge in [-0.2, -0.15) is 0 Å². The minimum atomic E-state index is -1.41. The molecule has 4 nitrogen and oxygen atoms in total. The maximum Gasteiger partial charge on any atom is 0.202 e. The Hall–Kier alpha value is -0.610. The van der Waals surface area contributed by atoms with Crippen LogP contribution in [0.3, 0.4) is 0 Å². The zero-order valence-corrected chi connectivity index (χ0v) is 6.34. The summed E-state index contributed by atoms with van der Waals surface area (Å²) < 4.78 is 0. The predicted molar refractivity (Wildman–Crippen MR) is 37.5 cm³/mol. The lowest BCUT2D eigenvalue weighted by Gasteiger charge is -2.28. The summed E-state index contributed by atoms with van der Waals surface area (Å²) in [5.41, 5.74) is -2.74. The molecule has 0 amide bonds. The van der Waals surface area contributed by atoms with Crippen molar-refractivity contribution in [3.63, 3.8) is 0 Å². The van der Waals surface area contributed by atoms with E-state index in [2.05, 4.69) is 10.3 Å². The van der Waals surface area contributed by atoms with Gasteiger partial charge in [-0.3, -0.25) is 0 Å². The molecule has 4 heteroatoms. The molecule has 0 saturated carbocycles. The first-order valence-corrected chi connectivity index (χ1v) is 3.14. The van der Waals surface area contributed by atoms with E-state index in [-0.39, 0.29) is 0 Å². The second-order valence-electron chi connectivity index (χ2n) is 2.92. The summed E-state index contributed by atoms with van der Waals surface area (Å²) in [7, 11) is 0. The highest BCUT2D eigenvalue weighted by atomic mass is 16.4. The number of hydrogen-bond acceptors (Lipinski definition) is 4. The SMILES string of the molecule is CC1=N[C@@](C)(O)[C@@](C)(O)N1. The molecule has 1 rings (SSSR count). The number of aliphatic hydroxyl groups is 2. The summed E-state index contributed by atoms with van der Waals surface area (Å²) in [4.78, 5) is 3.78. The summed E-state index contributed by atoms with van der Waals surface area (Å²) in [5, 5.41) is 21.4. The highest BCUT2D eigenvalue weighted by Gasteiger charge is 2.46. The van der Waals surface area contributed by atoms with Crippen LogP contribution < -0.4 is 5.32 Å². The van der Waals surface area contributed by atoms with E-state index in [9.17, 15) is 10.2 Å². The quantitative estimate of drug-likeness (QED) is 0.426. The fraction of sp³-hybridized carbons (Fsp3) is 0.833. The molecule has 1 aliphatic rings. The average molecular weight is 144 g/mol. The van der Waals surface area contributed by atoms with Gasteiger partial charge >= 0.3 is 0 Å². The molecule has 0 bridgehead atoms. The van der Waals surface area contributed by atoms with Crippen LogP contribution in [0.1, 0.15) is 20.8 Å². The molecule has 0 unspecified atom stereocenters. The van der Waals surface area contributed by atoms with Gasteiger partial charge in [0.1, 0.15) is 0 Å². The lowest BCUT2D eigenvalue weighted by Crippen LogP contribution is -2.54. The number of hydrogen-bond donors (Lipinski definition) is 3. The molecular weight excluding hydrogens is 132 g/mol. The van der Waals surface area contributed by atoms with E-state index in [0.717, 1.165) is 0 Å². The van der Waals surface area contributed by atoms with Crippen molar-refractivity contribution in [1.29, 1.82) is 0 Å². The minimum Gasteiger partial charge on any atom is -0.367 e. The van der Waals surface area contributed by atoms with E-state index < -0.39 is 11.4 Å². The maximum atomic E-state index is 9.42. The first-order valence-electron chi connectivity index (χ1n) is 3.14. The topological polar surface area (TPSA) is 64.9 Å². The predicted octanol–water partition coefficient (Wildman–Crippen LogP) is -0.575. The molecule has 2 atom stereocenters. The van der Waals surface area contributed by atoms with Crippen LogP contribution in [0.15, 0.2) is 4.99 Å². The van der Waals surface area contributed by atoms with E-state index in [4.69, 9.17) is 0 Å². The monoisotopic (exact) mass is 144 g/mol. The molecular formula is C6H12N2O2. The summed E-state index contributed by atoms with van der Waals surface area (Å²) in [5.74, 6) is 0.551.